The van der Waals surface area contributed by atoms with Crippen molar-refractivity contribution in [3.05, 3.63) is 52.6 Å². The number of allylic oxidation sites excluding steroid dienone is 2. The van der Waals surface area contributed by atoms with Crippen LogP contribution in [0.3, 0.4) is 0 Å². The van der Waals surface area contributed by atoms with Crippen LogP contribution in [-0.2, 0) is 19.1 Å². The van der Waals surface area contributed by atoms with Gasteiger partial charge in [0.1, 0.15) is 13.2 Å². The van der Waals surface area contributed by atoms with Gasteiger partial charge in [0.05, 0.1) is 42.0 Å². The van der Waals surface area contributed by atoms with Crippen molar-refractivity contribution in [2.45, 2.75) is 32.6 Å². The minimum absolute atomic E-state index is 0.0451. The number of nitrogens with zero attached hydrogens (tertiary/aromatic N) is 3. The molecule has 1 N–H and O–H groups in total. The lowest BCUT2D eigenvalue weighted by molar-refractivity contribution is -0.139. The molecule has 0 spiro atoms. The van der Waals surface area contributed by atoms with Gasteiger partial charge in [-0.15, -0.1) is 0 Å². The van der Waals surface area contributed by atoms with Gasteiger partial charge in [0, 0.05) is 23.8 Å². The second-order valence-electron chi connectivity index (χ2n) is 6.01. The lowest BCUT2D eigenvalue weighted by atomic mass is 9.81. The summed E-state index contributed by atoms with van der Waals surface area (Å²) < 4.78 is 10.4. The Morgan fingerprint density at radius 1 is 1.07 bits per heavy atom. The summed E-state index contributed by atoms with van der Waals surface area (Å²) in [5.41, 5.74) is 2.22. The Labute approximate surface area is 163 Å². The first kappa shape index (κ1) is 20.7. The first-order valence-corrected chi connectivity index (χ1v) is 8.67. The number of esters is 2. The van der Waals surface area contributed by atoms with Crippen molar-refractivity contribution in [1.29, 1.82) is 10.5 Å². The number of carbonyl (C=O) groups is 2. The predicted molar refractivity (Wildman–Crippen MR) is 97.9 cm³/mol. The standard InChI is InChI=1S/C20H20N4O4/c1-13-16(19(25)27-10-4-7-21)18(15-6-3-9-23-12-15)17(14(2)24-13)20(26)28-11-5-8-22/h3,6,9,12,18,24H,4-5,10-11H2,1-2H3. The zero-order valence-corrected chi connectivity index (χ0v) is 15.7. The highest BCUT2D eigenvalue weighted by atomic mass is 16.5. The normalized spacial score (nSPS) is 14.0. The number of ether oxygens (including phenoxy) is 2. The lowest BCUT2D eigenvalue weighted by Crippen LogP contribution is -2.32. The van der Waals surface area contributed by atoms with E-state index in [1.54, 1.807) is 38.4 Å². The van der Waals surface area contributed by atoms with Gasteiger partial charge in [0.25, 0.3) is 0 Å². The van der Waals surface area contributed by atoms with Crippen LogP contribution in [0, 0.1) is 22.7 Å². The summed E-state index contributed by atoms with van der Waals surface area (Å²) in [6.07, 6.45) is 3.30. The fourth-order valence-corrected chi connectivity index (χ4v) is 2.95. The van der Waals surface area contributed by atoms with Crippen molar-refractivity contribution in [3.63, 3.8) is 0 Å². The molecular formula is C20H20N4O4. The van der Waals surface area contributed by atoms with Crippen molar-refractivity contribution >= 4 is 11.9 Å². The highest BCUT2D eigenvalue weighted by Gasteiger charge is 2.38. The number of dihydropyridines is 1. The monoisotopic (exact) mass is 380 g/mol. The first-order chi connectivity index (χ1) is 13.5. The number of nitriles is 2. The van der Waals surface area contributed by atoms with Gasteiger partial charge in [-0.25, -0.2) is 9.59 Å². The van der Waals surface area contributed by atoms with E-state index in [0.29, 0.717) is 17.0 Å². The van der Waals surface area contributed by atoms with Crippen LogP contribution in [0.4, 0.5) is 0 Å². The fraction of sp³-hybridized carbons (Fsp3) is 0.350. The summed E-state index contributed by atoms with van der Waals surface area (Å²) >= 11 is 0. The summed E-state index contributed by atoms with van der Waals surface area (Å²) in [6.45, 7) is 3.34. The van der Waals surface area contributed by atoms with Crippen molar-refractivity contribution in [2.75, 3.05) is 13.2 Å². The molecule has 28 heavy (non-hydrogen) atoms. The molecule has 0 aromatic carbocycles. The number of pyridine rings is 1. The molecule has 0 radical (unpaired) electrons. The number of nitrogens with one attached hydrogen (secondary N) is 1. The molecule has 8 heteroatoms. The highest BCUT2D eigenvalue weighted by molar-refractivity contribution is 5.99. The molecular weight excluding hydrogens is 360 g/mol. The lowest BCUT2D eigenvalue weighted by Gasteiger charge is -2.30. The number of rotatable bonds is 7. The van der Waals surface area contributed by atoms with Crippen LogP contribution in [0.1, 0.15) is 38.2 Å². The molecule has 0 aliphatic carbocycles. The maximum atomic E-state index is 12.7. The van der Waals surface area contributed by atoms with E-state index in [4.69, 9.17) is 20.0 Å². The van der Waals surface area contributed by atoms with Crippen LogP contribution in [0.15, 0.2) is 47.1 Å². The van der Waals surface area contributed by atoms with Crippen LogP contribution in [0.2, 0.25) is 0 Å². The Bertz CT molecular complexity index is 837. The van der Waals surface area contributed by atoms with Crippen molar-refractivity contribution < 1.29 is 19.1 Å². The zero-order chi connectivity index (χ0) is 20.5. The zero-order valence-electron chi connectivity index (χ0n) is 15.7. The van der Waals surface area contributed by atoms with Crippen LogP contribution in [0.5, 0.6) is 0 Å². The Morgan fingerprint density at radius 3 is 2.04 bits per heavy atom. The number of aromatic nitrogens is 1. The molecule has 0 atom stereocenters. The summed E-state index contributed by atoms with van der Waals surface area (Å²) in [5, 5.41) is 20.3. The molecule has 144 valence electrons. The van der Waals surface area contributed by atoms with E-state index in [-0.39, 0.29) is 37.2 Å². The molecule has 2 rings (SSSR count). The summed E-state index contributed by atoms with van der Waals surface area (Å²) in [5.74, 6) is -1.98. The molecule has 0 unspecified atom stereocenters. The van der Waals surface area contributed by atoms with Gasteiger partial charge in [0.15, 0.2) is 0 Å². The topological polar surface area (TPSA) is 125 Å². The highest BCUT2D eigenvalue weighted by Crippen LogP contribution is 2.38. The van der Waals surface area contributed by atoms with Crippen LogP contribution < -0.4 is 5.32 Å². The van der Waals surface area contributed by atoms with E-state index in [1.807, 2.05) is 12.1 Å². The summed E-state index contributed by atoms with van der Waals surface area (Å²) in [6, 6.07) is 7.29. The van der Waals surface area contributed by atoms with E-state index in [2.05, 4.69) is 10.3 Å². The molecule has 1 aliphatic rings. The van der Waals surface area contributed by atoms with Crippen LogP contribution in [0.25, 0.3) is 0 Å². The van der Waals surface area contributed by atoms with Gasteiger partial charge >= 0.3 is 11.9 Å². The van der Waals surface area contributed by atoms with E-state index in [0.717, 1.165) is 0 Å². The fourth-order valence-electron chi connectivity index (χ4n) is 2.95. The molecule has 0 fully saturated rings. The quantitative estimate of drug-likeness (QED) is 0.564. The Kier molecular flexibility index (Phi) is 7.29. The third-order valence-corrected chi connectivity index (χ3v) is 4.11. The van der Waals surface area contributed by atoms with E-state index in [1.165, 1.54) is 0 Å². The average Bonchev–Trinajstić information content (AvgIpc) is 2.68. The van der Waals surface area contributed by atoms with Gasteiger partial charge in [-0.1, -0.05) is 6.07 Å². The van der Waals surface area contributed by atoms with Crippen molar-refractivity contribution in [1.82, 2.24) is 10.3 Å². The average molecular weight is 380 g/mol. The molecule has 0 amide bonds. The van der Waals surface area contributed by atoms with Gasteiger partial charge in [-0.3, -0.25) is 4.98 Å². The second kappa shape index (κ2) is 9.89. The molecule has 1 aromatic rings. The summed E-state index contributed by atoms with van der Waals surface area (Å²) in [7, 11) is 0. The van der Waals surface area contributed by atoms with Gasteiger partial charge < -0.3 is 14.8 Å². The first-order valence-electron chi connectivity index (χ1n) is 8.67. The second-order valence-corrected chi connectivity index (χ2v) is 6.01. The SMILES string of the molecule is CC1=C(C(=O)OCCC#N)C(c2cccnc2)C(C(=O)OCCC#N)=C(C)N1. The molecule has 8 nitrogen and oxygen atoms in total. The molecule has 0 saturated carbocycles. The molecule has 1 aliphatic heterocycles. The largest absolute Gasteiger partial charge is 0.461 e. The number of hydrogen-bond donors (Lipinski definition) is 1. The molecule has 1 aromatic heterocycles. The summed E-state index contributed by atoms with van der Waals surface area (Å²) in [4.78, 5) is 29.6. The van der Waals surface area contributed by atoms with E-state index in [9.17, 15) is 9.59 Å². The third-order valence-electron chi connectivity index (χ3n) is 4.11. The van der Waals surface area contributed by atoms with Crippen LogP contribution >= 0.6 is 0 Å². The minimum Gasteiger partial charge on any atom is -0.461 e. The third kappa shape index (κ3) is 4.74. The number of carbonyl (C=O) groups excluding carboxylic acids is 2. The Hall–Kier alpha value is -3.65. The van der Waals surface area contributed by atoms with E-state index < -0.39 is 17.9 Å². The van der Waals surface area contributed by atoms with Gasteiger partial charge in [0.2, 0.25) is 0 Å². The van der Waals surface area contributed by atoms with Gasteiger partial charge in [-0.2, -0.15) is 10.5 Å². The number of hydrogen-bond acceptors (Lipinski definition) is 8. The molecule has 0 bridgehead atoms. The maximum Gasteiger partial charge on any atom is 0.336 e. The maximum absolute atomic E-state index is 12.7. The minimum atomic E-state index is -0.737. The molecule has 0 saturated heterocycles. The van der Waals surface area contributed by atoms with Crippen LogP contribution in [-0.4, -0.2) is 30.1 Å². The van der Waals surface area contributed by atoms with E-state index >= 15 is 0 Å². The predicted octanol–water partition coefficient (Wildman–Crippen LogP) is 2.23. The Balaban J connectivity index is 2.45. The van der Waals surface area contributed by atoms with Crippen molar-refractivity contribution in [2.24, 2.45) is 0 Å². The van der Waals surface area contributed by atoms with Gasteiger partial charge in [-0.05, 0) is 25.5 Å². The van der Waals surface area contributed by atoms with Crippen molar-refractivity contribution in [3.8, 4) is 12.1 Å². The smallest absolute Gasteiger partial charge is 0.336 e. The Morgan fingerprint density at radius 2 is 1.61 bits per heavy atom. The molecule has 2 heterocycles.